The van der Waals surface area contributed by atoms with E-state index in [9.17, 15) is 4.79 Å². The van der Waals surface area contributed by atoms with Gasteiger partial charge in [-0.15, -0.1) is 0 Å². The van der Waals surface area contributed by atoms with E-state index in [1.807, 2.05) is 42.3 Å². The van der Waals surface area contributed by atoms with E-state index in [0.29, 0.717) is 0 Å². The van der Waals surface area contributed by atoms with Gasteiger partial charge in [-0.1, -0.05) is 17.8 Å². The Morgan fingerprint density at radius 1 is 1.43 bits per heavy atom. The highest BCUT2D eigenvalue weighted by atomic mass is 32.2. The second-order valence-electron chi connectivity index (χ2n) is 5.24. The first-order valence-corrected chi connectivity index (χ1v) is 8.15. The highest BCUT2D eigenvalue weighted by Crippen LogP contribution is 2.33. The molecule has 5 heteroatoms. The van der Waals surface area contributed by atoms with Crippen LogP contribution in [0, 0.1) is 0 Å². The van der Waals surface area contributed by atoms with E-state index in [1.165, 1.54) is 11.8 Å². The lowest BCUT2D eigenvalue weighted by Crippen LogP contribution is -2.36. The largest absolute Gasteiger partial charge is 0.363 e. The molecule has 0 aromatic carbocycles. The number of amides is 1. The average molecular weight is 301 g/mol. The van der Waals surface area contributed by atoms with Gasteiger partial charge in [-0.05, 0) is 44.0 Å². The van der Waals surface area contributed by atoms with Gasteiger partial charge in [-0.3, -0.25) is 4.79 Å². The zero-order valence-electron chi connectivity index (χ0n) is 12.0. The summed E-state index contributed by atoms with van der Waals surface area (Å²) in [5.74, 6) is 0.197. The van der Waals surface area contributed by atoms with Crippen molar-refractivity contribution in [1.29, 1.82) is 0 Å². The smallest absolute Gasteiger partial charge is 0.236 e. The monoisotopic (exact) mass is 301 g/mol. The highest BCUT2D eigenvalue weighted by Gasteiger charge is 2.33. The Kier molecular flexibility index (Phi) is 4.29. The number of carbonyl (C=O) groups is 1. The quantitative estimate of drug-likeness (QED) is 0.882. The zero-order valence-corrected chi connectivity index (χ0v) is 12.8. The van der Waals surface area contributed by atoms with Crippen LogP contribution in [-0.2, 0) is 4.79 Å². The number of hydrogen-bond acceptors (Lipinski definition) is 3. The van der Waals surface area contributed by atoms with Crippen LogP contribution in [0.15, 0.2) is 47.8 Å². The first-order chi connectivity index (χ1) is 10.3. The number of aromatic amines is 1. The Morgan fingerprint density at radius 2 is 2.33 bits per heavy atom. The van der Waals surface area contributed by atoms with Gasteiger partial charge in [0, 0.05) is 24.6 Å². The minimum atomic E-state index is -0.115. The molecule has 110 valence electrons. The Balaban J connectivity index is 1.69. The normalized spacial score (nSPS) is 19.7. The summed E-state index contributed by atoms with van der Waals surface area (Å²) in [6, 6.07) is 10.0. The summed E-state index contributed by atoms with van der Waals surface area (Å²) >= 11 is 1.53. The minimum absolute atomic E-state index is 0.115. The molecule has 0 radical (unpaired) electrons. The third kappa shape index (κ3) is 3.13. The predicted molar refractivity (Wildman–Crippen MR) is 84.0 cm³/mol. The molecule has 3 heterocycles. The molecule has 2 atom stereocenters. The fourth-order valence-corrected chi connectivity index (χ4v) is 3.66. The maximum absolute atomic E-state index is 12.7. The molecule has 1 aliphatic heterocycles. The molecular formula is C16H19N3OS. The Hall–Kier alpha value is -1.75. The van der Waals surface area contributed by atoms with E-state index < -0.39 is 0 Å². The molecule has 3 rings (SSSR count). The van der Waals surface area contributed by atoms with Crippen molar-refractivity contribution in [2.75, 3.05) is 6.54 Å². The van der Waals surface area contributed by atoms with Crippen molar-refractivity contribution in [2.24, 2.45) is 0 Å². The van der Waals surface area contributed by atoms with Crippen molar-refractivity contribution in [3.8, 4) is 0 Å². The second kappa shape index (κ2) is 6.35. The van der Waals surface area contributed by atoms with Gasteiger partial charge in [0.25, 0.3) is 0 Å². The average Bonchev–Trinajstić information content (AvgIpc) is 3.18. The van der Waals surface area contributed by atoms with Crippen LogP contribution in [0.5, 0.6) is 0 Å². The van der Waals surface area contributed by atoms with Crippen LogP contribution < -0.4 is 0 Å². The van der Waals surface area contributed by atoms with E-state index in [-0.39, 0.29) is 17.2 Å². The number of hydrogen-bond donors (Lipinski definition) is 1. The molecule has 2 aromatic heterocycles. The molecule has 1 N–H and O–H groups in total. The van der Waals surface area contributed by atoms with E-state index in [0.717, 1.165) is 30.1 Å². The van der Waals surface area contributed by atoms with Gasteiger partial charge in [0.15, 0.2) is 0 Å². The van der Waals surface area contributed by atoms with Crippen molar-refractivity contribution in [2.45, 2.75) is 36.1 Å². The van der Waals surface area contributed by atoms with E-state index >= 15 is 0 Å². The van der Waals surface area contributed by atoms with E-state index in [4.69, 9.17) is 0 Å². The summed E-state index contributed by atoms with van der Waals surface area (Å²) in [4.78, 5) is 22.2. The lowest BCUT2D eigenvalue weighted by Gasteiger charge is -2.26. The first-order valence-electron chi connectivity index (χ1n) is 7.27. The molecule has 0 saturated carbocycles. The highest BCUT2D eigenvalue weighted by molar-refractivity contribution is 8.00. The van der Waals surface area contributed by atoms with Gasteiger partial charge in [0.1, 0.15) is 0 Å². The van der Waals surface area contributed by atoms with Gasteiger partial charge in [-0.2, -0.15) is 0 Å². The van der Waals surface area contributed by atoms with Gasteiger partial charge >= 0.3 is 0 Å². The molecule has 1 fully saturated rings. The fourth-order valence-electron chi connectivity index (χ4n) is 2.79. The van der Waals surface area contributed by atoms with Gasteiger partial charge < -0.3 is 9.88 Å². The van der Waals surface area contributed by atoms with Crippen molar-refractivity contribution in [3.05, 3.63) is 48.4 Å². The molecule has 2 aromatic rings. The van der Waals surface area contributed by atoms with Crippen molar-refractivity contribution in [1.82, 2.24) is 14.9 Å². The first kappa shape index (κ1) is 14.2. The molecule has 0 unspecified atom stereocenters. The number of thioether (sulfide) groups is 1. The van der Waals surface area contributed by atoms with Gasteiger partial charge in [0.2, 0.25) is 5.91 Å². The van der Waals surface area contributed by atoms with Crippen molar-refractivity contribution < 1.29 is 4.79 Å². The lowest BCUT2D eigenvalue weighted by atomic mass is 10.1. The molecule has 0 aliphatic carbocycles. The fraction of sp³-hybridized carbons (Fsp3) is 0.375. The number of nitrogens with one attached hydrogen (secondary N) is 1. The number of aromatic nitrogens is 2. The Bertz CT molecular complexity index is 585. The summed E-state index contributed by atoms with van der Waals surface area (Å²) in [5.41, 5.74) is 1.14. The third-order valence-electron chi connectivity index (χ3n) is 3.80. The molecule has 1 amide bonds. The number of pyridine rings is 1. The molecule has 4 nitrogen and oxygen atoms in total. The van der Waals surface area contributed by atoms with Crippen molar-refractivity contribution in [3.63, 3.8) is 0 Å². The van der Waals surface area contributed by atoms with Crippen LogP contribution in [-0.4, -0.2) is 32.6 Å². The standard InChI is InChI=1S/C16H19N3OS/c1-12(21-15-8-2-3-9-18-15)16(20)19-11-5-7-14(19)13-6-4-10-17-13/h2-4,6,8-10,12,14,17H,5,7,11H2,1H3/t12-,14+/m1/s1. The summed E-state index contributed by atoms with van der Waals surface area (Å²) in [7, 11) is 0. The van der Waals surface area contributed by atoms with Crippen LogP contribution in [0.1, 0.15) is 31.5 Å². The zero-order chi connectivity index (χ0) is 14.7. The van der Waals surface area contributed by atoms with Crippen LogP contribution in [0.25, 0.3) is 0 Å². The maximum atomic E-state index is 12.7. The lowest BCUT2D eigenvalue weighted by molar-refractivity contribution is -0.131. The Labute approximate surface area is 129 Å². The number of H-pyrrole nitrogens is 1. The number of likely N-dealkylation sites (tertiary alicyclic amines) is 1. The van der Waals surface area contributed by atoms with Crippen molar-refractivity contribution >= 4 is 17.7 Å². The van der Waals surface area contributed by atoms with Gasteiger partial charge in [-0.25, -0.2) is 4.98 Å². The summed E-state index contributed by atoms with van der Waals surface area (Å²) in [5, 5.41) is 0.782. The van der Waals surface area contributed by atoms with Crippen LogP contribution in [0.4, 0.5) is 0 Å². The second-order valence-corrected chi connectivity index (χ2v) is 6.60. The van der Waals surface area contributed by atoms with E-state index in [2.05, 4.69) is 16.0 Å². The van der Waals surface area contributed by atoms with E-state index in [1.54, 1.807) is 6.20 Å². The molecule has 0 spiro atoms. The summed E-state index contributed by atoms with van der Waals surface area (Å²) in [6.07, 6.45) is 5.78. The van der Waals surface area contributed by atoms with Crippen LogP contribution >= 0.6 is 11.8 Å². The van der Waals surface area contributed by atoms with Gasteiger partial charge in [0.05, 0.1) is 16.3 Å². The summed E-state index contributed by atoms with van der Waals surface area (Å²) in [6.45, 7) is 2.81. The molecule has 21 heavy (non-hydrogen) atoms. The minimum Gasteiger partial charge on any atom is -0.363 e. The van der Waals surface area contributed by atoms with Crippen LogP contribution in [0.3, 0.4) is 0 Å². The number of nitrogens with zero attached hydrogens (tertiary/aromatic N) is 2. The SMILES string of the molecule is C[C@@H](Sc1ccccn1)C(=O)N1CCC[C@H]1c1ccc[nH]1. The topological polar surface area (TPSA) is 49.0 Å². The summed E-state index contributed by atoms with van der Waals surface area (Å²) < 4.78 is 0. The predicted octanol–water partition coefficient (Wildman–Crippen LogP) is 3.25. The van der Waals surface area contributed by atoms with Crippen LogP contribution in [0.2, 0.25) is 0 Å². The number of carbonyl (C=O) groups excluding carboxylic acids is 1. The maximum Gasteiger partial charge on any atom is 0.236 e. The number of rotatable bonds is 4. The molecular weight excluding hydrogens is 282 g/mol. The third-order valence-corrected chi connectivity index (χ3v) is 4.84. The molecule has 0 bridgehead atoms. The molecule has 1 saturated heterocycles. The molecule has 1 aliphatic rings. The Morgan fingerprint density at radius 3 is 3.05 bits per heavy atom.